The minimum atomic E-state index is -1.75. The number of nitrogens with zero attached hydrogens (tertiary/aromatic N) is 2. The van der Waals surface area contributed by atoms with E-state index < -0.39 is 17.4 Å². The van der Waals surface area contributed by atoms with E-state index in [2.05, 4.69) is 5.32 Å². The van der Waals surface area contributed by atoms with E-state index in [1.54, 1.807) is 54.2 Å². The number of hydrogen-bond donors (Lipinski definition) is 3. The number of piperazine rings is 1. The van der Waals surface area contributed by atoms with Crippen LogP contribution in [0.5, 0.6) is 5.75 Å². The molecule has 3 N–H and O–H groups in total. The molecule has 180 valence electrons. The van der Waals surface area contributed by atoms with Crippen LogP contribution in [-0.4, -0.2) is 55.4 Å². The summed E-state index contributed by atoms with van der Waals surface area (Å²) in [6.45, 7) is 3.77. The first kappa shape index (κ1) is 23.9. The molecule has 0 spiro atoms. The number of carbonyl (C=O) groups excluding carboxylic acids is 2. The number of anilines is 2. The smallest absolute Gasteiger partial charge is 0.264 e. The normalized spacial score (nSPS) is 21.3. The maximum atomic E-state index is 13.6. The van der Waals surface area contributed by atoms with E-state index >= 15 is 0 Å². The molecule has 0 saturated carbocycles. The second-order valence-electron chi connectivity index (χ2n) is 8.66. The third-order valence-corrected chi connectivity index (χ3v) is 6.53. The minimum Gasteiger partial charge on any atom is -0.497 e. The van der Waals surface area contributed by atoms with Gasteiger partial charge < -0.3 is 30.1 Å². The number of nitrogens with one attached hydrogen (secondary N) is 1. The van der Waals surface area contributed by atoms with Crippen LogP contribution in [0.3, 0.4) is 0 Å². The molecule has 4 rings (SSSR count). The summed E-state index contributed by atoms with van der Waals surface area (Å²) in [7, 11) is 1.55. The number of benzene rings is 2. The lowest BCUT2D eigenvalue weighted by atomic mass is 9.83. The molecule has 34 heavy (non-hydrogen) atoms. The lowest BCUT2D eigenvalue weighted by molar-refractivity contribution is -0.139. The highest BCUT2D eigenvalue weighted by atomic mass is 16.5. The van der Waals surface area contributed by atoms with E-state index in [0.717, 1.165) is 17.8 Å². The second-order valence-corrected chi connectivity index (χ2v) is 8.66. The number of aliphatic hydroxyl groups is 2. The third-order valence-electron chi connectivity index (χ3n) is 6.53. The standard InChI is InChI=1S/C26H31N3O5/c1-18(5-3-4-14-30)26(33)22-15-21(34-2)10-11-23(22)29(25(26)32)17-19-6-8-20(9-7-19)28-13-12-27-16-24(28)31/h3,5-11,15,18,27,30,33H,4,12-14,16-17H2,1-2H3/b5-3+/t18-,26+/m0/s1. The molecule has 2 aliphatic rings. The van der Waals surface area contributed by atoms with Crippen molar-refractivity contribution in [2.75, 3.05) is 43.2 Å². The Morgan fingerprint density at radius 3 is 2.65 bits per heavy atom. The van der Waals surface area contributed by atoms with Crippen molar-refractivity contribution >= 4 is 23.2 Å². The van der Waals surface area contributed by atoms with E-state index in [-0.39, 0.29) is 19.1 Å². The molecule has 2 atom stereocenters. The molecule has 8 nitrogen and oxygen atoms in total. The summed E-state index contributed by atoms with van der Waals surface area (Å²) in [6, 6.07) is 12.9. The zero-order chi connectivity index (χ0) is 24.3. The van der Waals surface area contributed by atoms with E-state index in [4.69, 9.17) is 9.84 Å². The van der Waals surface area contributed by atoms with Gasteiger partial charge in [-0.2, -0.15) is 0 Å². The van der Waals surface area contributed by atoms with Gasteiger partial charge in [-0.15, -0.1) is 0 Å². The summed E-state index contributed by atoms with van der Waals surface area (Å²) < 4.78 is 5.35. The Bertz CT molecular complexity index is 1080. The van der Waals surface area contributed by atoms with Crippen LogP contribution in [0.25, 0.3) is 0 Å². The van der Waals surface area contributed by atoms with Gasteiger partial charge in [0.25, 0.3) is 5.91 Å². The zero-order valence-electron chi connectivity index (χ0n) is 19.5. The Morgan fingerprint density at radius 1 is 1.21 bits per heavy atom. The number of rotatable bonds is 8. The Kier molecular flexibility index (Phi) is 7.02. The van der Waals surface area contributed by atoms with Gasteiger partial charge in [0.2, 0.25) is 5.91 Å². The van der Waals surface area contributed by atoms with Crippen molar-refractivity contribution in [2.24, 2.45) is 5.92 Å². The van der Waals surface area contributed by atoms with Crippen LogP contribution in [-0.2, 0) is 21.7 Å². The number of amides is 2. The van der Waals surface area contributed by atoms with Crippen molar-refractivity contribution in [3.63, 3.8) is 0 Å². The van der Waals surface area contributed by atoms with Crippen molar-refractivity contribution in [1.82, 2.24) is 5.32 Å². The van der Waals surface area contributed by atoms with Crippen molar-refractivity contribution in [3.8, 4) is 5.75 Å². The molecule has 2 aromatic carbocycles. The molecule has 0 unspecified atom stereocenters. The highest BCUT2D eigenvalue weighted by Crippen LogP contribution is 2.47. The topological polar surface area (TPSA) is 102 Å². The molecule has 1 saturated heterocycles. The molecular formula is C26H31N3O5. The molecule has 0 bridgehead atoms. The lowest BCUT2D eigenvalue weighted by Gasteiger charge is -2.28. The molecule has 2 aromatic rings. The molecule has 2 heterocycles. The lowest BCUT2D eigenvalue weighted by Crippen LogP contribution is -2.48. The fourth-order valence-corrected chi connectivity index (χ4v) is 4.57. The summed E-state index contributed by atoms with van der Waals surface area (Å²) in [5.41, 5.74) is 1.10. The minimum absolute atomic E-state index is 0.00165. The second kappa shape index (κ2) is 9.97. The molecule has 2 aliphatic heterocycles. The van der Waals surface area contributed by atoms with E-state index in [0.29, 0.717) is 36.5 Å². The number of ether oxygens (including phenoxy) is 1. The number of fused-ring (bicyclic) bond motifs is 1. The van der Waals surface area contributed by atoms with Gasteiger partial charge in [-0.3, -0.25) is 9.59 Å². The SMILES string of the molecule is COc1ccc2c(c1)[C@](O)([C@@H](C)/C=C/CCO)C(=O)N2Cc1ccc(N2CCNCC2=O)cc1. The fraction of sp³-hybridized carbons (Fsp3) is 0.385. The van der Waals surface area contributed by atoms with E-state index in [1.165, 1.54) is 0 Å². The van der Waals surface area contributed by atoms with Gasteiger partial charge in [-0.1, -0.05) is 31.2 Å². The molecule has 1 fully saturated rings. The molecule has 0 aromatic heterocycles. The molecule has 8 heteroatoms. The van der Waals surface area contributed by atoms with Crippen LogP contribution >= 0.6 is 0 Å². The monoisotopic (exact) mass is 465 g/mol. The molecular weight excluding hydrogens is 434 g/mol. The third kappa shape index (κ3) is 4.32. The quantitative estimate of drug-likeness (QED) is 0.515. The number of aliphatic hydroxyl groups excluding tert-OH is 1. The van der Waals surface area contributed by atoms with E-state index in [1.807, 2.05) is 24.3 Å². The fourth-order valence-electron chi connectivity index (χ4n) is 4.57. The average molecular weight is 466 g/mol. The van der Waals surface area contributed by atoms with Gasteiger partial charge in [0.1, 0.15) is 5.75 Å². The Labute approximate surface area is 199 Å². The van der Waals surface area contributed by atoms with Gasteiger partial charge in [-0.25, -0.2) is 0 Å². The zero-order valence-corrected chi connectivity index (χ0v) is 19.5. The van der Waals surface area contributed by atoms with Crippen LogP contribution in [0.15, 0.2) is 54.6 Å². The predicted molar refractivity (Wildman–Crippen MR) is 130 cm³/mol. The molecule has 0 aliphatic carbocycles. The maximum absolute atomic E-state index is 13.6. The molecule has 0 radical (unpaired) electrons. The van der Waals surface area contributed by atoms with Gasteiger partial charge in [-0.05, 0) is 42.3 Å². The van der Waals surface area contributed by atoms with Crippen molar-refractivity contribution in [2.45, 2.75) is 25.5 Å². The Balaban J connectivity index is 1.62. The molecule has 2 amide bonds. The number of methoxy groups -OCH3 is 1. The Hall–Kier alpha value is -3.20. The van der Waals surface area contributed by atoms with Crippen LogP contribution in [0, 0.1) is 5.92 Å². The van der Waals surface area contributed by atoms with Crippen molar-refractivity contribution in [1.29, 1.82) is 0 Å². The first-order valence-corrected chi connectivity index (χ1v) is 11.5. The highest BCUT2D eigenvalue weighted by Gasteiger charge is 2.52. The number of hydrogen-bond acceptors (Lipinski definition) is 6. The van der Waals surface area contributed by atoms with Gasteiger partial charge in [0.15, 0.2) is 5.60 Å². The van der Waals surface area contributed by atoms with Gasteiger partial charge in [0.05, 0.1) is 25.9 Å². The van der Waals surface area contributed by atoms with Crippen LogP contribution in [0.2, 0.25) is 0 Å². The van der Waals surface area contributed by atoms with E-state index in [9.17, 15) is 14.7 Å². The van der Waals surface area contributed by atoms with Gasteiger partial charge in [0, 0.05) is 36.9 Å². The predicted octanol–water partition coefficient (Wildman–Crippen LogP) is 1.94. The summed E-state index contributed by atoms with van der Waals surface area (Å²) in [4.78, 5) is 29.1. The largest absolute Gasteiger partial charge is 0.497 e. The summed E-state index contributed by atoms with van der Waals surface area (Å²) in [6.07, 6.45) is 3.99. The first-order chi connectivity index (χ1) is 16.4. The summed E-state index contributed by atoms with van der Waals surface area (Å²) in [5.74, 6) is -0.324. The maximum Gasteiger partial charge on any atom is 0.264 e. The van der Waals surface area contributed by atoms with Gasteiger partial charge >= 0.3 is 0 Å². The van der Waals surface area contributed by atoms with Crippen molar-refractivity contribution in [3.05, 3.63) is 65.7 Å². The summed E-state index contributed by atoms with van der Waals surface area (Å²) in [5, 5.41) is 23.8. The van der Waals surface area contributed by atoms with Crippen LogP contribution in [0.1, 0.15) is 24.5 Å². The van der Waals surface area contributed by atoms with Crippen molar-refractivity contribution < 1.29 is 24.5 Å². The average Bonchev–Trinajstić information content (AvgIpc) is 3.07. The highest BCUT2D eigenvalue weighted by molar-refractivity contribution is 6.07. The summed E-state index contributed by atoms with van der Waals surface area (Å²) >= 11 is 0. The number of carbonyl (C=O) groups is 2. The Morgan fingerprint density at radius 2 is 1.97 bits per heavy atom. The van der Waals surface area contributed by atoms with Crippen LogP contribution < -0.4 is 19.9 Å². The van der Waals surface area contributed by atoms with Crippen LogP contribution in [0.4, 0.5) is 11.4 Å². The first-order valence-electron chi connectivity index (χ1n) is 11.5.